The van der Waals surface area contributed by atoms with Gasteiger partial charge < -0.3 is 8.83 Å². The van der Waals surface area contributed by atoms with E-state index in [-0.39, 0.29) is 5.41 Å². The molecule has 58 heavy (non-hydrogen) atoms. The number of para-hydroxylation sites is 2. The highest BCUT2D eigenvalue weighted by molar-refractivity contribution is 6.08. The zero-order valence-electron chi connectivity index (χ0n) is 32.1. The van der Waals surface area contributed by atoms with Gasteiger partial charge in [-0.1, -0.05) is 117 Å². The van der Waals surface area contributed by atoms with E-state index in [9.17, 15) is 0 Å². The lowest BCUT2D eigenvalue weighted by Crippen LogP contribution is -2.36. The molecule has 0 radical (unpaired) electrons. The quantitative estimate of drug-likeness (QED) is 0.168. The van der Waals surface area contributed by atoms with Crippen molar-refractivity contribution in [1.82, 2.24) is 0 Å². The number of hydrogen-bond donors (Lipinski definition) is 0. The highest BCUT2D eigenvalue weighted by Crippen LogP contribution is 2.50. The van der Waals surface area contributed by atoms with Gasteiger partial charge >= 0.3 is 0 Å². The molecule has 12 rings (SSSR count). The highest BCUT2D eigenvalue weighted by atomic mass is 16.3. The van der Waals surface area contributed by atoms with Gasteiger partial charge in [0, 0.05) is 44.2 Å². The van der Waals surface area contributed by atoms with E-state index >= 15 is 0 Å². The van der Waals surface area contributed by atoms with Gasteiger partial charge in [-0.25, -0.2) is 0 Å². The van der Waals surface area contributed by atoms with Crippen LogP contribution in [0.2, 0.25) is 0 Å². The molecule has 7 aromatic carbocycles. The summed E-state index contributed by atoms with van der Waals surface area (Å²) in [5.41, 5.74) is 16.2. The summed E-state index contributed by atoms with van der Waals surface area (Å²) in [7, 11) is 0. The van der Waals surface area contributed by atoms with Crippen molar-refractivity contribution in [2.24, 2.45) is 4.99 Å². The van der Waals surface area contributed by atoms with Crippen molar-refractivity contribution in [3.05, 3.63) is 222 Å². The molecule has 274 valence electrons. The van der Waals surface area contributed by atoms with Gasteiger partial charge in [0.25, 0.3) is 0 Å². The van der Waals surface area contributed by atoms with Crippen molar-refractivity contribution < 1.29 is 13.3 Å². The number of nitrogens with zero attached hydrogens (tertiary/aromatic N) is 2. The molecule has 4 heterocycles. The summed E-state index contributed by atoms with van der Waals surface area (Å²) in [5, 5.41) is 4.41. The molecule has 0 N–H and O–H groups in total. The molecule has 0 bridgehead atoms. The zero-order valence-corrected chi connectivity index (χ0v) is 32.1. The Balaban J connectivity index is 1.08. The first kappa shape index (κ1) is 32.9. The topological polar surface area (TPSA) is 38.6 Å². The lowest BCUT2D eigenvalue weighted by molar-refractivity contribution is -0.665. The summed E-state index contributed by atoms with van der Waals surface area (Å²) in [6.07, 6.45) is 11.5. The van der Waals surface area contributed by atoms with E-state index in [1.807, 2.05) is 24.3 Å². The lowest BCUT2D eigenvalue weighted by atomic mass is 9.82. The fourth-order valence-corrected chi connectivity index (χ4v) is 9.46. The maximum Gasteiger partial charge on any atom is 0.249 e. The van der Waals surface area contributed by atoms with Crippen LogP contribution in [0.4, 0.5) is 0 Å². The number of quaternary nitrogens is 1. The van der Waals surface area contributed by atoms with E-state index in [0.29, 0.717) is 4.48 Å². The van der Waals surface area contributed by atoms with Gasteiger partial charge in [-0.3, -0.25) is 0 Å². The third-order valence-electron chi connectivity index (χ3n) is 12.4. The largest absolute Gasteiger partial charge is 0.456 e. The van der Waals surface area contributed by atoms with Crippen molar-refractivity contribution in [3.63, 3.8) is 0 Å². The van der Waals surface area contributed by atoms with E-state index in [4.69, 9.17) is 13.8 Å². The Morgan fingerprint density at radius 2 is 1.05 bits per heavy atom. The predicted octanol–water partition coefficient (Wildman–Crippen LogP) is 14.0. The summed E-state index contributed by atoms with van der Waals surface area (Å²) in [4.78, 5) is 5.55. The number of fused-ring (bicyclic) bond motifs is 9. The van der Waals surface area contributed by atoms with Crippen LogP contribution < -0.4 is 0 Å². The minimum absolute atomic E-state index is 0.120. The first-order valence-corrected chi connectivity index (χ1v) is 19.9. The van der Waals surface area contributed by atoms with Crippen LogP contribution in [0, 0.1) is 0 Å². The summed E-state index contributed by atoms with van der Waals surface area (Å²) in [5.74, 6) is 0.938. The zero-order chi connectivity index (χ0) is 38.6. The highest BCUT2D eigenvalue weighted by Gasteiger charge is 2.40. The van der Waals surface area contributed by atoms with Crippen LogP contribution in [0.15, 0.2) is 202 Å². The van der Waals surface area contributed by atoms with Gasteiger partial charge in [-0.05, 0) is 99.6 Å². The van der Waals surface area contributed by atoms with Gasteiger partial charge in [-0.2, -0.15) is 9.48 Å². The minimum atomic E-state index is -0.120. The molecule has 0 amide bonds. The van der Waals surface area contributed by atoms with Crippen LogP contribution in [0.3, 0.4) is 0 Å². The van der Waals surface area contributed by atoms with Crippen molar-refractivity contribution in [3.8, 4) is 11.1 Å². The van der Waals surface area contributed by atoms with Crippen molar-refractivity contribution in [2.45, 2.75) is 19.3 Å². The smallest absolute Gasteiger partial charge is 0.249 e. The summed E-state index contributed by atoms with van der Waals surface area (Å²) >= 11 is 0. The third-order valence-corrected chi connectivity index (χ3v) is 12.4. The van der Waals surface area contributed by atoms with Crippen molar-refractivity contribution >= 4 is 66.6 Å². The molecular formula is C54H37N2O2+. The number of rotatable bonds is 4. The third kappa shape index (κ3) is 4.89. The normalized spacial score (nSPS) is 18.0. The molecular weight excluding hydrogens is 709 g/mol. The molecule has 3 aliphatic rings. The molecule has 2 aromatic heterocycles. The summed E-state index contributed by atoms with van der Waals surface area (Å²) in [6.45, 7) is 4.67. The van der Waals surface area contributed by atoms with Crippen molar-refractivity contribution in [1.29, 1.82) is 0 Å². The Morgan fingerprint density at radius 3 is 1.78 bits per heavy atom. The number of hydrogen-bond acceptors (Lipinski definition) is 3. The molecule has 1 aliphatic carbocycles. The first-order valence-electron chi connectivity index (χ1n) is 19.9. The molecule has 2 aliphatic heterocycles. The molecule has 9 aromatic rings. The predicted molar refractivity (Wildman–Crippen MR) is 238 cm³/mol. The fraction of sp³-hybridized carbons (Fsp3) is 0.0556. The Hall–Kier alpha value is -7.27. The fourth-order valence-electron chi connectivity index (χ4n) is 9.46. The Morgan fingerprint density at radius 1 is 0.466 bits per heavy atom. The monoisotopic (exact) mass is 745 g/mol. The number of furan rings is 2. The minimum Gasteiger partial charge on any atom is -0.456 e. The van der Waals surface area contributed by atoms with Gasteiger partial charge in [0.2, 0.25) is 5.84 Å². The van der Waals surface area contributed by atoms with Crippen LogP contribution in [0.1, 0.15) is 47.2 Å². The Bertz CT molecular complexity index is 3370. The number of allylic oxidation sites excluding steroid dienone is 4. The number of aliphatic imine (C=N–C) groups is 1. The Labute approximate surface area is 335 Å². The maximum atomic E-state index is 6.29. The second-order valence-corrected chi connectivity index (χ2v) is 16.2. The van der Waals surface area contributed by atoms with Gasteiger partial charge in [-0.15, -0.1) is 0 Å². The average molecular weight is 746 g/mol. The summed E-state index contributed by atoms with van der Waals surface area (Å²) < 4.78 is 12.8. The van der Waals surface area contributed by atoms with E-state index in [2.05, 4.69) is 178 Å². The molecule has 4 nitrogen and oxygen atoms in total. The first-order chi connectivity index (χ1) is 28.4. The van der Waals surface area contributed by atoms with E-state index in [0.717, 1.165) is 88.8 Å². The van der Waals surface area contributed by atoms with Crippen LogP contribution in [-0.2, 0) is 5.41 Å². The molecule has 1 atom stereocenters. The van der Waals surface area contributed by atoms with Gasteiger partial charge in [0.1, 0.15) is 46.6 Å². The number of benzene rings is 7. The SMILES string of the molecule is CC1(C)c2ccccc2-c2ccc(C3=C[N+]4(C=CC(c5ccc6oc7ccccc7c6c5)=CC(c5ccc6oc7ccccc7c6c5)=C4)C(c4ccccc4)=N3)cc21. The van der Waals surface area contributed by atoms with Gasteiger partial charge in [0.15, 0.2) is 0 Å². The van der Waals surface area contributed by atoms with Crippen LogP contribution in [0.25, 0.3) is 71.8 Å². The van der Waals surface area contributed by atoms with Crippen LogP contribution in [0.5, 0.6) is 0 Å². The van der Waals surface area contributed by atoms with E-state index in [1.54, 1.807) is 0 Å². The van der Waals surface area contributed by atoms with Gasteiger partial charge in [0.05, 0.1) is 5.56 Å². The molecule has 1 unspecified atom stereocenters. The summed E-state index contributed by atoms with van der Waals surface area (Å²) in [6, 6.07) is 55.9. The Kier molecular flexibility index (Phi) is 6.88. The molecule has 0 saturated heterocycles. The van der Waals surface area contributed by atoms with Crippen LogP contribution in [-0.4, -0.2) is 10.3 Å². The second-order valence-electron chi connectivity index (χ2n) is 16.2. The molecule has 0 saturated carbocycles. The molecule has 0 fully saturated rings. The standard InChI is InChI=1S/C54H37N2O2/c1-54(2)46-17-9-6-14-40(46)41-23-20-38(31-47(41)54)48-33-56(53(55-48)34-12-4-3-5-13-34)27-26-37(35-21-24-51-44(29-35)42-15-7-10-18-49(42)57-51)28-39(32-56)36-22-25-52-45(30-36)43-16-8-11-19-50(43)58-52/h3-33H,1-2H3/q+1. The number of amidine groups is 1. The van der Waals surface area contributed by atoms with E-state index in [1.165, 1.54) is 22.3 Å². The lowest BCUT2D eigenvalue weighted by Gasteiger charge is -2.24. The van der Waals surface area contributed by atoms with Crippen molar-refractivity contribution in [2.75, 3.05) is 0 Å². The second kappa shape index (κ2) is 12.1. The van der Waals surface area contributed by atoms with E-state index < -0.39 is 0 Å². The average Bonchev–Trinajstić information content (AvgIpc) is 3.96. The van der Waals surface area contributed by atoms with Crippen LogP contribution >= 0.6 is 0 Å². The molecule has 4 heteroatoms. The molecule has 1 spiro atoms. The maximum absolute atomic E-state index is 6.29.